The van der Waals surface area contributed by atoms with Gasteiger partial charge in [-0.3, -0.25) is 14.7 Å². The molecule has 0 atom stereocenters. The fourth-order valence-electron chi connectivity index (χ4n) is 2.60. The van der Waals surface area contributed by atoms with Gasteiger partial charge in [-0.2, -0.15) is 0 Å². The molecule has 1 heterocycles. The number of rotatable bonds is 4. The molecule has 0 fully saturated rings. The van der Waals surface area contributed by atoms with Crippen molar-refractivity contribution in [3.05, 3.63) is 69.7 Å². The lowest BCUT2D eigenvalue weighted by Crippen LogP contribution is -2.35. The number of carbonyl (C=O) groups is 1. The lowest BCUT2D eigenvalue weighted by atomic mass is 10.1. The van der Waals surface area contributed by atoms with Crippen LogP contribution in [0.5, 0.6) is 0 Å². The van der Waals surface area contributed by atoms with Crippen LogP contribution < -0.4 is 0 Å². The minimum absolute atomic E-state index is 0.0798. The molecule has 0 N–H and O–H groups in total. The van der Waals surface area contributed by atoms with Crippen molar-refractivity contribution in [1.82, 2.24) is 4.90 Å². The monoisotopic (exact) mass is 346 g/mol. The van der Waals surface area contributed by atoms with Crippen LogP contribution in [0.1, 0.15) is 17.5 Å². The molecule has 2 aromatic carbocycles. The maximum Gasteiger partial charge on any atom is 0.228 e. The topological polar surface area (TPSA) is 32.7 Å². The van der Waals surface area contributed by atoms with E-state index in [9.17, 15) is 4.79 Å². The highest BCUT2D eigenvalue weighted by atomic mass is 35.5. The predicted molar refractivity (Wildman–Crippen MR) is 94.3 cm³/mol. The summed E-state index contributed by atoms with van der Waals surface area (Å²) in [5, 5.41) is 1.35. The van der Waals surface area contributed by atoms with Gasteiger partial charge in [-0.25, -0.2) is 0 Å². The van der Waals surface area contributed by atoms with Gasteiger partial charge in [0.2, 0.25) is 5.91 Å². The Balaban J connectivity index is 1.67. The summed E-state index contributed by atoms with van der Waals surface area (Å²) in [6.07, 6.45) is 1.14. The van der Waals surface area contributed by atoms with Crippen molar-refractivity contribution >= 4 is 34.9 Å². The van der Waals surface area contributed by atoms with E-state index >= 15 is 0 Å². The van der Waals surface area contributed by atoms with E-state index < -0.39 is 0 Å². The van der Waals surface area contributed by atoms with Gasteiger partial charge in [0.1, 0.15) is 5.84 Å². The molecule has 0 aliphatic carbocycles. The molecule has 0 bridgehead atoms. The second kappa shape index (κ2) is 7.16. The molecule has 5 heteroatoms. The van der Waals surface area contributed by atoms with E-state index in [0.717, 1.165) is 11.1 Å². The van der Waals surface area contributed by atoms with E-state index in [1.165, 1.54) is 0 Å². The molecule has 0 saturated carbocycles. The molecular formula is C18H16Cl2N2O. The van der Waals surface area contributed by atoms with Crippen molar-refractivity contribution in [2.75, 3.05) is 13.1 Å². The van der Waals surface area contributed by atoms with E-state index in [2.05, 4.69) is 4.99 Å². The molecule has 0 aromatic heterocycles. The fraction of sp³-hybridized carbons (Fsp3) is 0.222. The number of carbonyl (C=O) groups excluding carboxylic acids is 1. The number of aryl methyl sites for hydroxylation is 1. The summed E-state index contributed by atoms with van der Waals surface area (Å²) in [6, 6.07) is 15.0. The summed E-state index contributed by atoms with van der Waals surface area (Å²) in [5.74, 6) is 0.796. The first-order valence-electron chi connectivity index (χ1n) is 7.49. The lowest BCUT2D eigenvalue weighted by molar-refractivity contribution is -0.126. The largest absolute Gasteiger partial charge is 0.295 e. The van der Waals surface area contributed by atoms with Gasteiger partial charge in [0, 0.05) is 28.6 Å². The molecule has 1 aliphatic heterocycles. The Kier molecular flexibility index (Phi) is 4.99. The zero-order valence-electron chi connectivity index (χ0n) is 12.5. The summed E-state index contributed by atoms with van der Waals surface area (Å²) >= 11 is 11.9. The predicted octanol–water partition coefficient (Wildman–Crippen LogP) is 4.22. The van der Waals surface area contributed by atoms with Crippen LogP contribution in [-0.2, 0) is 11.2 Å². The maximum absolute atomic E-state index is 12.5. The van der Waals surface area contributed by atoms with Gasteiger partial charge in [-0.05, 0) is 36.2 Å². The number of halogens is 2. The molecule has 0 saturated heterocycles. The smallest absolute Gasteiger partial charge is 0.228 e. The van der Waals surface area contributed by atoms with Crippen LogP contribution in [-0.4, -0.2) is 29.7 Å². The molecule has 1 aliphatic rings. The number of aliphatic imine (C=N–C) groups is 1. The number of nitrogens with zero attached hydrogens (tertiary/aromatic N) is 2. The molecule has 1 amide bonds. The maximum atomic E-state index is 12.5. The number of hydrogen-bond acceptors (Lipinski definition) is 2. The van der Waals surface area contributed by atoms with Crippen LogP contribution in [0.2, 0.25) is 10.0 Å². The Morgan fingerprint density at radius 1 is 1.09 bits per heavy atom. The normalized spacial score (nSPS) is 14.0. The number of hydrogen-bond donors (Lipinski definition) is 0. The van der Waals surface area contributed by atoms with Crippen LogP contribution in [0.25, 0.3) is 0 Å². The van der Waals surface area contributed by atoms with E-state index in [1.54, 1.807) is 4.90 Å². The molecule has 118 valence electrons. The fourth-order valence-corrected chi connectivity index (χ4v) is 2.92. The highest BCUT2D eigenvalue weighted by molar-refractivity contribution is 6.31. The molecule has 2 aromatic rings. The Labute approximate surface area is 145 Å². The number of amides is 1. The van der Waals surface area contributed by atoms with Gasteiger partial charge in [0.05, 0.1) is 6.54 Å². The van der Waals surface area contributed by atoms with E-state index in [0.29, 0.717) is 41.8 Å². The standard InChI is InChI=1S/C18H16Cl2N2O/c19-15-7-4-13(5-8-15)6-9-17(23)22-11-10-21-18(22)14-2-1-3-16(20)12-14/h1-5,7-8,12H,6,9-11H2. The summed E-state index contributed by atoms with van der Waals surface area (Å²) in [6.45, 7) is 1.26. The third-order valence-corrected chi connectivity index (χ3v) is 4.25. The minimum Gasteiger partial charge on any atom is -0.295 e. The quantitative estimate of drug-likeness (QED) is 0.815. The van der Waals surface area contributed by atoms with Crippen molar-refractivity contribution in [2.24, 2.45) is 4.99 Å². The van der Waals surface area contributed by atoms with E-state index in [-0.39, 0.29) is 5.91 Å². The molecule has 0 unspecified atom stereocenters. The summed E-state index contributed by atoms with van der Waals surface area (Å²) in [4.78, 5) is 18.8. The van der Waals surface area contributed by atoms with Crippen molar-refractivity contribution in [3.8, 4) is 0 Å². The second-order valence-corrected chi connectivity index (χ2v) is 6.26. The lowest BCUT2D eigenvalue weighted by Gasteiger charge is -2.18. The van der Waals surface area contributed by atoms with Crippen molar-refractivity contribution in [3.63, 3.8) is 0 Å². The van der Waals surface area contributed by atoms with Crippen molar-refractivity contribution in [2.45, 2.75) is 12.8 Å². The van der Waals surface area contributed by atoms with Crippen molar-refractivity contribution < 1.29 is 4.79 Å². The SMILES string of the molecule is O=C(CCc1ccc(Cl)cc1)N1CCN=C1c1cccc(Cl)c1. The van der Waals surface area contributed by atoms with E-state index in [1.807, 2.05) is 48.5 Å². The number of benzene rings is 2. The third kappa shape index (κ3) is 3.92. The zero-order chi connectivity index (χ0) is 16.2. The van der Waals surface area contributed by atoms with Gasteiger partial charge in [-0.1, -0.05) is 47.5 Å². The average Bonchev–Trinajstić information content (AvgIpc) is 3.04. The third-order valence-electron chi connectivity index (χ3n) is 3.77. The van der Waals surface area contributed by atoms with Crippen LogP contribution in [0, 0.1) is 0 Å². The summed E-state index contributed by atoms with van der Waals surface area (Å²) in [5.41, 5.74) is 1.98. The first-order chi connectivity index (χ1) is 11.1. The van der Waals surface area contributed by atoms with Crippen molar-refractivity contribution in [1.29, 1.82) is 0 Å². The Hall–Kier alpha value is -1.84. The van der Waals surface area contributed by atoms with Crippen LogP contribution in [0.15, 0.2) is 53.5 Å². The minimum atomic E-state index is 0.0798. The summed E-state index contributed by atoms with van der Waals surface area (Å²) < 4.78 is 0. The average molecular weight is 347 g/mol. The summed E-state index contributed by atoms with van der Waals surface area (Å²) in [7, 11) is 0. The Morgan fingerprint density at radius 2 is 1.87 bits per heavy atom. The molecule has 3 nitrogen and oxygen atoms in total. The van der Waals surface area contributed by atoms with Gasteiger partial charge >= 0.3 is 0 Å². The number of amidine groups is 1. The van der Waals surface area contributed by atoms with Gasteiger partial charge < -0.3 is 0 Å². The Bertz CT molecular complexity index is 741. The second-order valence-electron chi connectivity index (χ2n) is 5.39. The van der Waals surface area contributed by atoms with Gasteiger partial charge in [0.15, 0.2) is 0 Å². The highest BCUT2D eigenvalue weighted by Gasteiger charge is 2.24. The van der Waals surface area contributed by atoms with Gasteiger partial charge in [-0.15, -0.1) is 0 Å². The first kappa shape index (κ1) is 16.0. The van der Waals surface area contributed by atoms with Crippen LogP contribution in [0.3, 0.4) is 0 Å². The molecule has 0 spiro atoms. The molecule has 23 heavy (non-hydrogen) atoms. The zero-order valence-corrected chi connectivity index (χ0v) is 14.0. The molecule has 3 rings (SSSR count). The highest BCUT2D eigenvalue weighted by Crippen LogP contribution is 2.18. The first-order valence-corrected chi connectivity index (χ1v) is 8.24. The Morgan fingerprint density at radius 3 is 2.61 bits per heavy atom. The van der Waals surface area contributed by atoms with Crippen LogP contribution >= 0.6 is 23.2 Å². The van der Waals surface area contributed by atoms with E-state index in [4.69, 9.17) is 23.2 Å². The molecular weight excluding hydrogens is 331 g/mol. The van der Waals surface area contributed by atoms with Crippen LogP contribution in [0.4, 0.5) is 0 Å². The molecule has 0 radical (unpaired) electrons. The van der Waals surface area contributed by atoms with Gasteiger partial charge in [0.25, 0.3) is 0 Å².